The molecule has 0 aliphatic heterocycles. The van der Waals surface area contributed by atoms with Crippen molar-refractivity contribution in [3.8, 4) is 0 Å². The van der Waals surface area contributed by atoms with Gasteiger partial charge in [-0.1, -0.05) is 12.8 Å². The fraction of sp³-hybridized carbons (Fsp3) is 0.786. The van der Waals surface area contributed by atoms with Gasteiger partial charge in [-0.15, -0.1) is 0 Å². The lowest BCUT2D eigenvalue weighted by Crippen LogP contribution is -2.37. The molecule has 1 atom stereocenters. The summed E-state index contributed by atoms with van der Waals surface area (Å²) in [7, 11) is 0. The van der Waals surface area contributed by atoms with Crippen LogP contribution in [0.2, 0.25) is 0 Å². The maximum absolute atomic E-state index is 9.78. The van der Waals surface area contributed by atoms with E-state index in [-0.39, 0.29) is 12.0 Å². The first-order valence-electron chi connectivity index (χ1n) is 6.96. The van der Waals surface area contributed by atoms with Crippen molar-refractivity contribution in [1.29, 1.82) is 0 Å². The van der Waals surface area contributed by atoms with Gasteiger partial charge in [0, 0.05) is 24.2 Å². The SMILES string of the molecule is CCn1nc(C)cc1CC(CN)(CO)CC1CC1. The Hall–Kier alpha value is -0.870. The number of aromatic nitrogens is 2. The number of nitrogens with two attached hydrogens (primary N) is 1. The maximum atomic E-state index is 9.78. The maximum Gasteiger partial charge on any atom is 0.0596 e. The van der Waals surface area contributed by atoms with Gasteiger partial charge in [-0.05, 0) is 38.7 Å². The van der Waals surface area contributed by atoms with Gasteiger partial charge >= 0.3 is 0 Å². The summed E-state index contributed by atoms with van der Waals surface area (Å²) in [5, 5.41) is 14.2. The highest BCUT2D eigenvalue weighted by atomic mass is 16.3. The largest absolute Gasteiger partial charge is 0.396 e. The third kappa shape index (κ3) is 2.93. The van der Waals surface area contributed by atoms with Crippen LogP contribution in [0.25, 0.3) is 0 Å². The van der Waals surface area contributed by atoms with Gasteiger partial charge in [0.25, 0.3) is 0 Å². The van der Waals surface area contributed by atoms with Crippen molar-refractivity contribution >= 4 is 0 Å². The van der Waals surface area contributed by atoms with Crippen LogP contribution in [0, 0.1) is 18.3 Å². The summed E-state index contributed by atoms with van der Waals surface area (Å²) in [5.74, 6) is 0.778. The van der Waals surface area contributed by atoms with Gasteiger partial charge in [0.2, 0.25) is 0 Å². The van der Waals surface area contributed by atoms with Gasteiger partial charge in [-0.3, -0.25) is 4.68 Å². The van der Waals surface area contributed by atoms with E-state index < -0.39 is 0 Å². The van der Waals surface area contributed by atoms with Crippen LogP contribution < -0.4 is 5.73 Å². The van der Waals surface area contributed by atoms with E-state index in [1.807, 2.05) is 11.6 Å². The molecule has 0 radical (unpaired) electrons. The predicted molar refractivity (Wildman–Crippen MR) is 72.3 cm³/mol. The number of nitrogens with zero attached hydrogens (tertiary/aromatic N) is 2. The minimum Gasteiger partial charge on any atom is -0.396 e. The fourth-order valence-electron chi connectivity index (χ4n) is 2.75. The number of aliphatic hydroxyl groups excluding tert-OH is 1. The number of aliphatic hydroxyl groups is 1. The second-order valence-corrected chi connectivity index (χ2v) is 5.78. The summed E-state index contributed by atoms with van der Waals surface area (Å²) in [5.41, 5.74) is 8.05. The fourth-order valence-corrected chi connectivity index (χ4v) is 2.75. The van der Waals surface area contributed by atoms with E-state index in [4.69, 9.17) is 5.73 Å². The van der Waals surface area contributed by atoms with Crippen LogP contribution in [-0.4, -0.2) is 28.0 Å². The molecule has 0 saturated heterocycles. The van der Waals surface area contributed by atoms with E-state index in [2.05, 4.69) is 18.1 Å². The lowest BCUT2D eigenvalue weighted by atomic mass is 9.79. The van der Waals surface area contributed by atoms with Crippen molar-refractivity contribution < 1.29 is 5.11 Å². The smallest absolute Gasteiger partial charge is 0.0596 e. The first kappa shape index (κ1) is 13.6. The van der Waals surface area contributed by atoms with Crippen molar-refractivity contribution in [2.45, 2.75) is 46.1 Å². The van der Waals surface area contributed by atoms with Gasteiger partial charge in [0.1, 0.15) is 0 Å². The zero-order valence-corrected chi connectivity index (χ0v) is 11.5. The molecule has 0 amide bonds. The van der Waals surface area contributed by atoms with Crippen molar-refractivity contribution in [3.63, 3.8) is 0 Å². The molecule has 4 heteroatoms. The van der Waals surface area contributed by atoms with Crippen molar-refractivity contribution in [1.82, 2.24) is 9.78 Å². The molecule has 1 aliphatic carbocycles. The molecule has 1 aromatic heterocycles. The van der Waals surface area contributed by atoms with E-state index in [9.17, 15) is 5.11 Å². The minimum atomic E-state index is -0.152. The Morgan fingerprint density at radius 1 is 1.56 bits per heavy atom. The Kier molecular flexibility index (Phi) is 4.07. The summed E-state index contributed by atoms with van der Waals surface area (Å²) in [6.45, 7) is 5.71. The summed E-state index contributed by atoms with van der Waals surface area (Å²) < 4.78 is 2.03. The lowest BCUT2D eigenvalue weighted by molar-refractivity contribution is 0.113. The van der Waals surface area contributed by atoms with E-state index in [0.29, 0.717) is 6.54 Å². The van der Waals surface area contributed by atoms with Crippen LogP contribution in [0.4, 0.5) is 0 Å². The topological polar surface area (TPSA) is 64.1 Å². The van der Waals surface area contributed by atoms with E-state index in [0.717, 1.165) is 31.0 Å². The molecule has 2 rings (SSSR count). The average molecular weight is 251 g/mol. The van der Waals surface area contributed by atoms with E-state index >= 15 is 0 Å². The molecular formula is C14H25N3O. The first-order chi connectivity index (χ1) is 8.62. The normalized spacial score (nSPS) is 18.9. The average Bonchev–Trinajstić information content (AvgIpc) is 3.11. The Labute approximate surface area is 109 Å². The Bertz CT molecular complexity index is 392. The molecule has 1 saturated carbocycles. The van der Waals surface area contributed by atoms with Crippen molar-refractivity contribution in [3.05, 3.63) is 17.5 Å². The molecule has 4 nitrogen and oxygen atoms in total. The van der Waals surface area contributed by atoms with Gasteiger partial charge in [-0.25, -0.2) is 0 Å². The second kappa shape index (κ2) is 5.41. The molecular weight excluding hydrogens is 226 g/mol. The Balaban J connectivity index is 2.15. The van der Waals surface area contributed by atoms with Crippen LogP contribution >= 0.6 is 0 Å². The van der Waals surface area contributed by atoms with Gasteiger partial charge < -0.3 is 10.8 Å². The molecule has 1 aromatic rings. The highest BCUT2D eigenvalue weighted by Crippen LogP contribution is 2.41. The van der Waals surface area contributed by atoms with Gasteiger partial charge in [0.15, 0.2) is 0 Å². The summed E-state index contributed by atoms with van der Waals surface area (Å²) in [6.07, 6.45) is 4.49. The number of rotatable bonds is 7. The first-order valence-corrected chi connectivity index (χ1v) is 6.96. The number of hydrogen-bond donors (Lipinski definition) is 2. The number of hydrogen-bond acceptors (Lipinski definition) is 3. The Morgan fingerprint density at radius 3 is 2.78 bits per heavy atom. The molecule has 1 fully saturated rings. The van der Waals surface area contributed by atoms with E-state index in [1.54, 1.807) is 0 Å². The molecule has 1 aliphatic rings. The molecule has 1 unspecified atom stereocenters. The molecule has 0 aromatic carbocycles. The molecule has 0 spiro atoms. The van der Waals surface area contributed by atoms with Crippen LogP contribution in [0.5, 0.6) is 0 Å². The molecule has 1 heterocycles. The molecule has 0 bridgehead atoms. The molecule has 102 valence electrons. The standard InChI is InChI=1S/C14H25N3O/c1-3-17-13(6-11(2)16-17)8-14(9-15,10-18)7-12-4-5-12/h6,12,18H,3-5,7-10,15H2,1-2H3. The third-order valence-electron chi connectivity index (χ3n) is 4.03. The van der Waals surface area contributed by atoms with Crippen LogP contribution in [0.3, 0.4) is 0 Å². The monoisotopic (exact) mass is 251 g/mol. The van der Waals surface area contributed by atoms with Gasteiger partial charge in [-0.2, -0.15) is 5.10 Å². The second-order valence-electron chi connectivity index (χ2n) is 5.78. The van der Waals surface area contributed by atoms with Crippen molar-refractivity contribution in [2.24, 2.45) is 17.1 Å². The lowest BCUT2D eigenvalue weighted by Gasteiger charge is -2.30. The third-order valence-corrected chi connectivity index (χ3v) is 4.03. The van der Waals surface area contributed by atoms with Crippen LogP contribution in [-0.2, 0) is 13.0 Å². The summed E-state index contributed by atoms with van der Waals surface area (Å²) in [4.78, 5) is 0. The molecule has 18 heavy (non-hydrogen) atoms. The zero-order chi connectivity index (χ0) is 13.2. The van der Waals surface area contributed by atoms with Crippen LogP contribution in [0.15, 0.2) is 6.07 Å². The van der Waals surface area contributed by atoms with Crippen LogP contribution in [0.1, 0.15) is 37.6 Å². The zero-order valence-electron chi connectivity index (χ0n) is 11.5. The predicted octanol–water partition coefficient (Wildman–Crippen LogP) is 1.49. The number of aryl methyl sites for hydroxylation is 2. The summed E-state index contributed by atoms with van der Waals surface area (Å²) in [6, 6.07) is 2.12. The summed E-state index contributed by atoms with van der Waals surface area (Å²) >= 11 is 0. The van der Waals surface area contributed by atoms with E-state index in [1.165, 1.54) is 18.5 Å². The minimum absolute atomic E-state index is 0.152. The molecule has 3 N–H and O–H groups in total. The Morgan fingerprint density at radius 2 is 2.28 bits per heavy atom. The highest BCUT2D eigenvalue weighted by molar-refractivity contribution is 5.12. The van der Waals surface area contributed by atoms with Crippen molar-refractivity contribution in [2.75, 3.05) is 13.2 Å². The highest BCUT2D eigenvalue weighted by Gasteiger charge is 2.36. The van der Waals surface area contributed by atoms with Gasteiger partial charge in [0.05, 0.1) is 12.3 Å². The quantitative estimate of drug-likeness (QED) is 0.771.